The molecule has 5 rings (SSSR count). The van der Waals surface area contributed by atoms with Crippen LogP contribution in [0.1, 0.15) is 31.7 Å². The van der Waals surface area contributed by atoms with Gasteiger partial charge in [0, 0.05) is 24.0 Å². The van der Waals surface area contributed by atoms with Crippen molar-refractivity contribution < 1.29 is 4.74 Å². The minimum Gasteiger partial charge on any atom is -0.465 e. The number of hydrogen-bond acceptors (Lipinski definition) is 3. The fourth-order valence-electron chi connectivity index (χ4n) is 4.44. The maximum atomic E-state index is 6.27. The summed E-state index contributed by atoms with van der Waals surface area (Å²) in [5.41, 5.74) is 7.36. The van der Waals surface area contributed by atoms with Crippen LogP contribution in [-0.4, -0.2) is 13.3 Å². The first-order chi connectivity index (χ1) is 15.3. The van der Waals surface area contributed by atoms with Gasteiger partial charge in [-0.3, -0.25) is 0 Å². The minimum atomic E-state index is -0.118. The first kappa shape index (κ1) is 22.5. The Labute approximate surface area is 208 Å². The molecular formula is C28H29IN2O. The average Bonchev–Trinajstić information content (AvgIpc) is 3.13. The number of halogens is 1. The zero-order valence-electron chi connectivity index (χ0n) is 18.6. The van der Waals surface area contributed by atoms with E-state index in [1.165, 1.54) is 34.6 Å². The third-order valence-electron chi connectivity index (χ3n) is 6.06. The number of para-hydroxylation sites is 4. The lowest BCUT2D eigenvalue weighted by Crippen LogP contribution is -2.29. The summed E-state index contributed by atoms with van der Waals surface area (Å²) in [5, 5.41) is 0. The number of nitrogens with zero attached hydrogens (tertiary/aromatic N) is 2. The fourth-order valence-corrected chi connectivity index (χ4v) is 4.44. The van der Waals surface area contributed by atoms with Gasteiger partial charge < -0.3 is 14.5 Å². The SMILES string of the molecule is CCCCC1=CC(=CC2Oc3ccccc3N2C)c2ccccc2N1c1ccccc1.I. The Kier molecular flexibility index (Phi) is 6.89. The number of fused-ring (bicyclic) bond motifs is 2. The number of likely N-dealkylation sites (N-methyl/N-ethyl adjacent to an activating group) is 1. The van der Waals surface area contributed by atoms with E-state index in [1.807, 2.05) is 12.1 Å². The van der Waals surface area contributed by atoms with Gasteiger partial charge in [0.25, 0.3) is 0 Å². The normalized spacial score (nSPS) is 17.9. The molecule has 4 heteroatoms. The van der Waals surface area contributed by atoms with Crippen molar-refractivity contribution in [2.45, 2.75) is 32.4 Å². The third kappa shape index (κ3) is 4.16. The molecule has 164 valence electrons. The molecule has 3 nitrogen and oxygen atoms in total. The molecule has 1 unspecified atom stereocenters. The number of unbranched alkanes of at least 4 members (excludes halogenated alkanes) is 1. The van der Waals surface area contributed by atoms with Crippen LogP contribution in [0.15, 0.2) is 96.7 Å². The van der Waals surface area contributed by atoms with Gasteiger partial charge in [-0.1, -0.05) is 61.9 Å². The molecule has 0 fully saturated rings. The molecule has 1 atom stereocenters. The highest BCUT2D eigenvalue weighted by atomic mass is 127. The van der Waals surface area contributed by atoms with Crippen LogP contribution >= 0.6 is 24.0 Å². The molecule has 2 heterocycles. The van der Waals surface area contributed by atoms with E-state index in [0.29, 0.717) is 0 Å². The van der Waals surface area contributed by atoms with Gasteiger partial charge in [0.1, 0.15) is 5.75 Å². The van der Waals surface area contributed by atoms with Crippen LogP contribution in [0.2, 0.25) is 0 Å². The van der Waals surface area contributed by atoms with Crippen molar-refractivity contribution in [1.29, 1.82) is 0 Å². The largest absolute Gasteiger partial charge is 0.465 e. The molecule has 2 aliphatic rings. The van der Waals surface area contributed by atoms with E-state index in [9.17, 15) is 0 Å². The predicted molar refractivity (Wildman–Crippen MR) is 145 cm³/mol. The summed E-state index contributed by atoms with van der Waals surface area (Å²) >= 11 is 0. The molecule has 0 spiro atoms. The lowest BCUT2D eigenvalue weighted by molar-refractivity contribution is 0.280. The molecule has 0 N–H and O–H groups in total. The van der Waals surface area contributed by atoms with Crippen molar-refractivity contribution in [3.8, 4) is 5.75 Å². The van der Waals surface area contributed by atoms with Crippen LogP contribution in [0, 0.1) is 0 Å². The number of allylic oxidation sites excluding steroid dienone is 3. The van der Waals surface area contributed by atoms with Crippen molar-refractivity contribution in [2.75, 3.05) is 16.8 Å². The summed E-state index contributed by atoms with van der Waals surface area (Å²) < 4.78 is 6.27. The summed E-state index contributed by atoms with van der Waals surface area (Å²) in [7, 11) is 2.10. The van der Waals surface area contributed by atoms with Crippen LogP contribution in [0.25, 0.3) is 5.57 Å². The second-order valence-electron chi connectivity index (χ2n) is 8.14. The number of hydrogen-bond donors (Lipinski definition) is 0. The smallest absolute Gasteiger partial charge is 0.192 e. The van der Waals surface area contributed by atoms with Crippen molar-refractivity contribution >= 4 is 46.6 Å². The highest BCUT2D eigenvalue weighted by Gasteiger charge is 2.29. The second-order valence-corrected chi connectivity index (χ2v) is 8.14. The second kappa shape index (κ2) is 9.82. The van der Waals surface area contributed by atoms with Crippen LogP contribution in [0.5, 0.6) is 5.75 Å². The molecule has 0 bridgehead atoms. The Morgan fingerprint density at radius 1 is 0.875 bits per heavy atom. The maximum Gasteiger partial charge on any atom is 0.192 e. The van der Waals surface area contributed by atoms with Crippen molar-refractivity contribution in [3.63, 3.8) is 0 Å². The van der Waals surface area contributed by atoms with Gasteiger partial charge in [-0.25, -0.2) is 0 Å². The molecule has 2 aliphatic heterocycles. The minimum absolute atomic E-state index is 0. The molecule has 3 aromatic rings. The third-order valence-corrected chi connectivity index (χ3v) is 6.06. The van der Waals surface area contributed by atoms with Crippen molar-refractivity contribution in [2.24, 2.45) is 0 Å². The predicted octanol–water partition coefficient (Wildman–Crippen LogP) is 7.77. The van der Waals surface area contributed by atoms with Gasteiger partial charge in [-0.2, -0.15) is 0 Å². The monoisotopic (exact) mass is 536 g/mol. The molecule has 0 saturated carbocycles. The number of benzene rings is 3. The van der Waals surface area contributed by atoms with Crippen LogP contribution in [0.3, 0.4) is 0 Å². The maximum absolute atomic E-state index is 6.27. The quantitative estimate of drug-likeness (QED) is 0.310. The molecule has 0 amide bonds. The summed E-state index contributed by atoms with van der Waals surface area (Å²) in [5.74, 6) is 0.942. The van der Waals surface area contributed by atoms with Crippen molar-refractivity contribution in [1.82, 2.24) is 0 Å². The Bertz CT molecular complexity index is 1140. The Balaban J connectivity index is 0.00000245. The van der Waals surface area contributed by atoms with E-state index in [2.05, 4.69) is 103 Å². The van der Waals surface area contributed by atoms with Crippen molar-refractivity contribution in [3.05, 3.63) is 102 Å². The van der Waals surface area contributed by atoms with Gasteiger partial charge in [-0.15, -0.1) is 24.0 Å². The zero-order chi connectivity index (χ0) is 21.2. The number of rotatable bonds is 5. The van der Waals surface area contributed by atoms with E-state index in [0.717, 1.165) is 24.3 Å². The summed E-state index contributed by atoms with van der Waals surface area (Å²) in [6.45, 7) is 2.25. The summed E-state index contributed by atoms with van der Waals surface area (Å²) in [6, 6.07) is 27.6. The lowest BCUT2D eigenvalue weighted by Gasteiger charge is -2.34. The van der Waals surface area contributed by atoms with E-state index in [1.54, 1.807) is 0 Å². The summed E-state index contributed by atoms with van der Waals surface area (Å²) in [4.78, 5) is 4.62. The van der Waals surface area contributed by atoms with Gasteiger partial charge >= 0.3 is 0 Å². The highest BCUT2D eigenvalue weighted by Crippen LogP contribution is 2.43. The first-order valence-corrected chi connectivity index (χ1v) is 11.1. The fraction of sp³-hybridized carbons (Fsp3) is 0.214. The topological polar surface area (TPSA) is 15.7 Å². The molecule has 0 radical (unpaired) electrons. The average molecular weight is 536 g/mol. The van der Waals surface area contributed by atoms with Gasteiger partial charge in [-0.05, 0) is 60.9 Å². The van der Waals surface area contributed by atoms with Gasteiger partial charge in [0.05, 0.1) is 11.4 Å². The van der Waals surface area contributed by atoms with E-state index >= 15 is 0 Å². The van der Waals surface area contributed by atoms with Gasteiger partial charge in [0.15, 0.2) is 6.23 Å². The molecule has 32 heavy (non-hydrogen) atoms. The van der Waals surface area contributed by atoms with E-state index < -0.39 is 0 Å². The number of ether oxygens (including phenoxy) is 1. The van der Waals surface area contributed by atoms with Crippen LogP contribution < -0.4 is 14.5 Å². The van der Waals surface area contributed by atoms with Crippen LogP contribution in [-0.2, 0) is 0 Å². The molecular weight excluding hydrogens is 507 g/mol. The molecule has 0 aliphatic carbocycles. The van der Waals surface area contributed by atoms with E-state index in [4.69, 9.17) is 4.74 Å². The van der Waals surface area contributed by atoms with Gasteiger partial charge in [0.2, 0.25) is 0 Å². The zero-order valence-corrected chi connectivity index (χ0v) is 20.9. The first-order valence-electron chi connectivity index (χ1n) is 11.1. The Hall–Kier alpha value is -2.73. The summed E-state index contributed by atoms with van der Waals surface area (Å²) in [6.07, 6.45) is 7.87. The molecule has 0 saturated heterocycles. The molecule has 3 aromatic carbocycles. The standard InChI is InChI=1S/C28H28N2O.HI/c1-3-4-12-23-19-21(20-28-29(2)26-17-10-11-18-27(26)31-28)24-15-8-9-16-25(24)30(23)22-13-6-5-7-14-22;/h5-11,13-20,28H,3-4,12H2,1-2H3;1H. The Morgan fingerprint density at radius 3 is 2.31 bits per heavy atom. The molecule has 0 aromatic heterocycles. The highest BCUT2D eigenvalue weighted by molar-refractivity contribution is 14.0. The van der Waals surface area contributed by atoms with E-state index in [-0.39, 0.29) is 30.2 Å². The Morgan fingerprint density at radius 2 is 1.56 bits per heavy atom. The number of anilines is 3. The van der Waals surface area contributed by atoms with Crippen LogP contribution in [0.4, 0.5) is 17.1 Å². The lowest BCUT2D eigenvalue weighted by atomic mass is 9.94.